The molecule has 0 aliphatic carbocycles. The number of hydrogen-bond acceptors (Lipinski definition) is 4. The van der Waals surface area contributed by atoms with Crippen molar-refractivity contribution in [2.75, 3.05) is 32.1 Å². The molecule has 0 radical (unpaired) electrons. The molecule has 20 heavy (non-hydrogen) atoms. The lowest BCUT2D eigenvalue weighted by molar-refractivity contribution is 0.318. The van der Waals surface area contributed by atoms with E-state index in [9.17, 15) is 0 Å². The van der Waals surface area contributed by atoms with Crippen LogP contribution in [-0.2, 0) is 0 Å². The van der Waals surface area contributed by atoms with Crippen molar-refractivity contribution in [2.24, 2.45) is 10.9 Å². The Morgan fingerprint density at radius 1 is 1.40 bits per heavy atom. The van der Waals surface area contributed by atoms with Gasteiger partial charge in [-0.25, -0.2) is 0 Å². The SMILES string of the molecule is CCN(c1ccc(/C(N)=N/O)c(C)c1)C(C)CN(C)C. The first-order valence-electron chi connectivity index (χ1n) is 6.90. The van der Waals surface area contributed by atoms with Gasteiger partial charge in [0.15, 0.2) is 5.84 Å². The Bertz CT molecular complexity index is 471. The van der Waals surface area contributed by atoms with Crippen LogP contribution in [0.2, 0.25) is 0 Å². The summed E-state index contributed by atoms with van der Waals surface area (Å²) in [5.74, 6) is 0.151. The Kier molecular flexibility index (Phi) is 5.82. The first-order valence-corrected chi connectivity index (χ1v) is 6.90. The van der Waals surface area contributed by atoms with Crippen LogP contribution in [0.3, 0.4) is 0 Å². The molecule has 0 aromatic heterocycles. The van der Waals surface area contributed by atoms with Crippen molar-refractivity contribution in [1.82, 2.24) is 4.90 Å². The van der Waals surface area contributed by atoms with E-state index in [1.807, 2.05) is 19.1 Å². The van der Waals surface area contributed by atoms with Crippen LogP contribution < -0.4 is 10.6 Å². The number of nitrogens with two attached hydrogens (primary N) is 1. The number of likely N-dealkylation sites (N-methyl/N-ethyl adjacent to an activating group) is 2. The Morgan fingerprint density at radius 3 is 2.50 bits per heavy atom. The Balaban J connectivity index is 3.03. The molecule has 0 saturated carbocycles. The van der Waals surface area contributed by atoms with E-state index in [4.69, 9.17) is 10.9 Å². The van der Waals surface area contributed by atoms with E-state index in [1.165, 1.54) is 0 Å². The Hall–Kier alpha value is -1.75. The molecule has 1 aromatic rings. The van der Waals surface area contributed by atoms with Crippen LogP contribution in [0.5, 0.6) is 0 Å². The molecule has 0 bridgehead atoms. The molecule has 1 unspecified atom stereocenters. The van der Waals surface area contributed by atoms with Gasteiger partial charge in [0, 0.05) is 30.4 Å². The standard InChI is InChI=1S/C15H26N4O/c1-6-19(12(3)10-18(4)5)13-7-8-14(11(2)9-13)15(16)17-20/h7-9,12,20H,6,10H2,1-5H3,(H2,16,17). The number of anilines is 1. The normalized spacial score (nSPS) is 13.6. The number of oxime groups is 1. The molecule has 1 rings (SSSR count). The third-order valence-electron chi connectivity index (χ3n) is 3.43. The largest absolute Gasteiger partial charge is 0.409 e. The van der Waals surface area contributed by atoms with Crippen LogP contribution in [0.25, 0.3) is 0 Å². The molecule has 0 spiro atoms. The lowest BCUT2D eigenvalue weighted by Gasteiger charge is -2.32. The van der Waals surface area contributed by atoms with Gasteiger partial charge in [-0.1, -0.05) is 5.16 Å². The lowest BCUT2D eigenvalue weighted by Crippen LogP contribution is -2.40. The fourth-order valence-electron chi connectivity index (χ4n) is 2.54. The minimum atomic E-state index is 0.151. The summed E-state index contributed by atoms with van der Waals surface area (Å²) >= 11 is 0. The monoisotopic (exact) mass is 278 g/mol. The van der Waals surface area contributed by atoms with Crippen molar-refractivity contribution < 1.29 is 5.21 Å². The topological polar surface area (TPSA) is 65.1 Å². The lowest BCUT2D eigenvalue weighted by atomic mass is 10.1. The van der Waals surface area contributed by atoms with Crippen LogP contribution in [0.4, 0.5) is 5.69 Å². The molecule has 0 heterocycles. The van der Waals surface area contributed by atoms with Crippen molar-refractivity contribution in [3.8, 4) is 0 Å². The minimum Gasteiger partial charge on any atom is -0.409 e. The van der Waals surface area contributed by atoms with Gasteiger partial charge in [0.25, 0.3) is 0 Å². The number of rotatable bonds is 6. The molecule has 1 atom stereocenters. The number of amidine groups is 1. The molecule has 0 aliphatic heterocycles. The van der Waals surface area contributed by atoms with Crippen molar-refractivity contribution >= 4 is 11.5 Å². The minimum absolute atomic E-state index is 0.151. The van der Waals surface area contributed by atoms with Gasteiger partial charge in [0.1, 0.15) is 0 Å². The maximum atomic E-state index is 8.77. The zero-order chi connectivity index (χ0) is 15.3. The summed E-state index contributed by atoms with van der Waals surface area (Å²) in [7, 11) is 4.16. The molecule has 1 aromatic carbocycles. The van der Waals surface area contributed by atoms with Gasteiger partial charge >= 0.3 is 0 Å². The van der Waals surface area contributed by atoms with Crippen LogP contribution in [0, 0.1) is 6.92 Å². The number of nitrogens with zero attached hydrogens (tertiary/aromatic N) is 3. The second-order valence-electron chi connectivity index (χ2n) is 5.38. The highest BCUT2D eigenvalue weighted by atomic mass is 16.4. The number of hydrogen-bond donors (Lipinski definition) is 2. The average Bonchev–Trinajstić information content (AvgIpc) is 2.38. The molecular weight excluding hydrogens is 252 g/mol. The van der Waals surface area contributed by atoms with Crippen molar-refractivity contribution in [2.45, 2.75) is 26.8 Å². The predicted octanol–water partition coefficient (Wildman–Crippen LogP) is 1.87. The zero-order valence-corrected chi connectivity index (χ0v) is 13.1. The van der Waals surface area contributed by atoms with Gasteiger partial charge in [-0.3, -0.25) is 0 Å². The Morgan fingerprint density at radius 2 is 2.05 bits per heavy atom. The average molecular weight is 278 g/mol. The summed E-state index contributed by atoms with van der Waals surface area (Å²) in [6, 6.07) is 6.44. The molecular formula is C15H26N4O. The van der Waals surface area contributed by atoms with E-state index in [0.29, 0.717) is 6.04 Å². The summed E-state index contributed by atoms with van der Waals surface area (Å²) < 4.78 is 0. The predicted molar refractivity (Wildman–Crippen MR) is 84.7 cm³/mol. The maximum absolute atomic E-state index is 8.77. The quantitative estimate of drug-likeness (QED) is 0.361. The van der Waals surface area contributed by atoms with Gasteiger partial charge in [-0.15, -0.1) is 0 Å². The van der Waals surface area contributed by atoms with E-state index >= 15 is 0 Å². The second-order valence-corrected chi connectivity index (χ2v) is 5.38. The molecule has 112 valence electrons. The van der Waals surface area contributed by atoms with Crippen LogP contribution in [0.1, 0.15) is 25.0 Å². The number of aryl methyl sites for hydroxylation is 1. The van der Waals surface area contributed by atoms with Gasteiger partial charge in [0.2, 0.25) is 0 Å². The zero-order valence-electron chi connectivity index (χ0n) is 13.1. The van der Waals surface area contributed by atoms with E-state index in [1.54, 1.807) is 0 Å². The molecule has 0 amide bonds. The van der Waals surface area contributed by atoms with Crippen molar-refractivity contribution in [3.63, 3.8) is 0 Å². The first kappa shape index (κ1) is 16.3. The summed E-state index contributed by atoms with van der Waals surface area (Å²) in [5, 5.41) is 11.8. The number of benzene rings is 1. The van der Waals surface area contributed by atoms with Gasteiger partial charge < -0.3 is 20.7 Å². The summed E-state index contributed by atoms with van der Waals surface area (Å²) in [4.78, 5) is 4.54. The summed E-state index contributed by atoms with van der Waals surface area (Å²) in [6.45, 7) is 8.28. The van der Waals surface area contributed by atoms with Crippen LogP contribution in [0.15, 0.2) is 23.4 Å². The Labute approximate surface area is 121 Å². The van der Waals surface area contributed by atoms with Gasteiger partial charge in [0.05, 0.1) is 0 Å². The highest BCUT2D eigenvalue weighted by molar-refractivity contribution is 5.98. The third kappa shape index (κ3) is 3.87. The molecule has 5 heteroatoms. The van der Waals surface area contributed by atoms with Crippen molar-refractivity contribution in [3.05, 3.63) is 29.3 Å². The first-order chi connectivity index (χ1) is 9.40. The van der Waals surface area contributed by atoms with Gasteiger partial charge in [-0.2, -0.15) is 0 Å². The van der Waals surface area contributed by atoms with E-state index in [0.717, 1.165) is 29.9 Å². The third-order valence-corrected chi connectivity index (χ3v) is 3.43. The van der Waals surface area contributed by atoms with Crippen LogP contribution in [-0.4, -0.2) is 49.2 Å². The smallest absolute Gasteiger partial charge is 0.170 e. The van der Waals surface area contributed by atoms with E-state index in [-0.39, 0.29) is 5.84 Å². The molecule has 0 fully saturated rings. The molecule has 5 nitrogen and oxygen atoms in total. The second kappa shape index (κ2) is 7.14. The molecule has 0 aliphatic rings. The highest BCUT2D eigenvalue weighted by Gasteiger charge is 2.15. The maximum Gasteiger partial charge on any atom is 0.170 e. The van der Waals surface area contributed by atoms with E-state index in [2.05, 4.69) is 49.0 Å². The summed E-state index contributed by atoms with van der Waals surface area (Å²) in [5.41, 5.74) is 8.60. The summed E-state index contributed by atoms with van der Waals surface area (Å²) in [6.07, 6.45) is 0. The van der Waals surface area contributed by atoms with Crippen molar-refractivity contribution in [1.29, 1.82) is 0 Å². The fourth-order valence-corrected chi connectivity index (χ4v) is 2.54. The fraction of sp³-hybridized carbons (Fsp3) is 0.533. The highest BCUT2D eigenvalue weighted by Crippen LogP contribution is 2.21. The van der Waals surface area contributed by atoms with E-state index < -0.39 is 0 Å². The molecule has 0 saturated heterocycles. The molecule has 3 N–H and O–H groups in total. The van der Waals surface area contributed by atoms with Gasteiger partial charge in [-0.05, 0) is 58.6 Å². The van der Waals surface area contributed by atoms with Crippen LogP contribution >= 0.6 is 0 Å².